The molecule has 2 aliphatic rings. The predicted octanol–water partition coefficient (Wildman–Crippen LogP) is 5.58. The number of rotatable bonds is 7. The fourth-order valence-corrected chi connectivity index (χ4v) is 5.74. The zero-order valence-corrected chi connectivity index (χ0v) is 20.7. The Hall–Kier alpha value is -3.97. The van der Waals surface area contributed by atoms with Crippen molar-refractivity contribution >= 4 is 16.7 Å². The third-order valence-electron chi connectivity index (χ3n) is 7.48. The maximum atomic E-state index is 12.1. The van der Waals surface area contributed by atoms with Gasteiger partial charge in [0.15, 0.2) is 0 Å². The summed E-state index contributed by atoms with van der Waals surface area (Å²) in [6.45, 7) is -0.0638. The number of hydrogen-bond acceptors (Lipinski definition) is 5. The Kier molecular flexibility index (Phi) is 6.24. The van der Waals surface area contributed by atoms with Crippen LogP contribution in [0.2, 0.25) is 0 Å². The van der Waals surface area contributed by atoms with E-state index in [-0.39, 0.29) is 18.3 Å². The highest BCUT2D eigenvalue weighted by molar-refractivity contribution is 6.05. The van der Waals surface area contributed by atoms with E-state index in [1.165, 1.54) is 0 Å². The Morgan fingerprint density at radius 1 is 1.03 bits per heavy atom. The van der Waals surface area contributed by atoms with Crippen molar-refractivity contribution in [1.29, 1.82) is 0 Å². The van der Waals surface area contributed by atoms with Gasteiger partial charge in [-0.1, -0.05) is 60.7 Å². The van der Waals surface area contributed by atoms with Gasteiger partial charge in [0.05, 0.1) is 24.4 Å². The normalized spacial score (nSPS) is 22.1. The van der Waals surface area contributed by atoms with Crippen molar-refractivity contribution in [3.05, 3.63) is 113 Å². The Bertz CT molecular complexity index is 1540. The number of fused-ring (bicyclic) bond motifs is 3. The van der Waals surface area contributed by atoms with Crippen molar-refractivity contribution in [3.8, 4) is 16.9 Å². The summed E-state index contributed by atoms with van der Waals surface area (Å²) in [5.74, 6) is -0.479. The molecular weight excluding hydrogens is 480 g/mol. The summed E-state index contributed by atoms with van der Waals surface area (Å²) < 4.78 is 12.4. The zero-order chi connectivity index (χ0) is 26.3. The second-order valence-electron chi connectivity index (χ2n) is 9.98. The van der Waals surface area contributed by atoms with Gasteiger partial charge in [-0.2, -0.15) is 0 Å². The van der Waals surface area contributed by atoms with Gasteiger partial charge < -0.3 is 24.8 Å². The molecule has 4 aromatic rings. The summed E-state index contributed by atoms with van der Waals surface area (Å²) in [5.41, 5.74) is 3.35. The van der Waals surface area contributed by atoms with Gasteiger partial charge in [-0.3, -0.25) is 0 Å². The molecule has 3 atom stereocenters. The number of aliphatic hydroxyl groups excluding tert-OH is 2. The number of aliphatic hydroxyl groups is 2. The van der Waals surface area contributed by atoms with Crippen LogP contribution in [0.3, 0.4) is 0 Å². The van der Waals surface area contributed by atoms with Crippen LogP contribution in [-0.2, 0) is 23.6 Å². The predicted molar refractivity (Wildman–Crippen MR) is 144 cm³/mol. The summed E-state index contributed by atoms with van der Waals surface area (Å²) in [7, 11) is 0. The average Bonchev–Trinajstić information content (AvgIpc) is 3.26. The Morgan fingerprint density at radius 3 is 2.66 bits per heavy atom. The number of benzene rings is 4. The molecule has 2 heterocycles. The van der Waals surface area contributed by atoms with E-state index in [0.29, 0.717) is 36.3 Å². The first-order chi connectivity index (χ1) is 18.5. The highest BCUT2D eigenvalue weighted by Crippen LogP contribution is 2.44. The number of hydrogen-bond donors (Lipinski definition) is 3. The molecule has 2 aliphatic heterocycles. The largest absolute Gasteiger partial charge is 0.489 e. The van der Waals surface area contributed by atoms with Crippen molar-refractivity contribution in [2.45, 2.75) is 43.9 Å². The van der Waals surface area contributed by atoms with Crippen LogP contribution in [0.25, 0.3) is 21.9 Å². The molecule has 192 valence electrons. The molecule has 2 bridgehead atoms. The quantitative estimate of drug-likeness (QED) is 0.282. The van der Waals surface area contributed by atoms with Gasteiger partial charge >= 0.3 is 5.97 Å². The minimum atomic E-state index is -1.09. The summed E-state index contributed by atoms with van der Waals surface area (Å²) in [6.07, 6.45) is 4.79. The molecule has 6 rings (SSSR count). The van der Waals surface area contributed by atoms with Gasteiger partial charge in [-0.15, -0.1) is 0 Å². The molecule has 0 radical (unpaired) electrons. The van der Waals surface area contributed by atoms with Crippen LogP contribution < -0.4 is 4.74 Å². The van der Waals surface area contributed by atoms with E-state index in [4.69, 9.17) is 9.47 Å². The summed E-state index contributed by atoms with van der Waals surface area (Å²) >= 11 is 0. The monoisotopic (exact) mass is 508 g/mol. The highest BCUT2D eigenvalue weighted by Gasteiger charge is 2.44. The van der Waals surface area contributed by atoms with Crippen molar-refractivity contribution in [2.75, 3.05) is 0 Å². The number of carbonyl (C=O) groups is 1. The van der Waals surface area contributed by atoms with Crippen LogP contribution >= 0.6 is 0 Å². The maximum absolute atomic E-state index is 12.1. The van der Waals surface area contributed by atoms with Crippen LogP contribution in [0.4, 0.5) is 0 Å². The van der Waals surface area contributed by atoms with Crippen LogP contribution in [0, 0.1) is 0 Å². The molecule has 38 heavy (non-hydrogen) atoms. The first-order valence-electron chi connectivity index (χ1n) is 12.7. The summed E-state index contributed by atoms with van der Waals surface area (Å²) in [5, 5.41) is 31.8. The smallest absolute Gasteiger partial charge is 0.336 e. The first kappa shape index (κ1) is 24.4. The molecule has 0 spiro atoms. The van der Waals surface area contributed by atoms with E-state index in [9.17, 15) is 20.1 Å². The van der Waals surface area contributed by atoms with Gasteiger partial charge in [-0.25, -0.2) is 4.79 Å². The van der Waals surface area contributed by atoms with Crippen LogP contribution in [-0.4, -0.2) is 33.5 Å². The van der Waals surface area contributed by atoms with Crippen molar-refractivity contribution < 1.29 is 29.6 Å². The van der Waals surface area contributed by atoms with E-state index in [1.807, 2.05) is 72.8 Å². The molecule has 0 aliphatic carbocycles. The summed E-state index contributed by atoms with van der Waals surface area (Å²) in [6, 6.07) is 24.7. The van der Waals surface area contributed by atoms with E-state index in [1.54, 1.807) is 6.07 Å². The van der Waals surface area contributed by atoms with E-state index in [2.05, 4.69) is 12.1 Å². The molecule has 6 heteroatoms. The molecule has 0 amide bonds. The van der Waals surface area contributed by atoms with Crippen molar-refractivity contribution in [3.63, 3.8) is 0 Å². The van der Waals surface area contributed by atoms with E-state index in [0.717, 1.165) is 27.5 Å². The van der Waals surface area contributed by atoms with E-state index < -0.39 is 17.7 Å². The molecule has 0 aromatic heterocycles. The standard InChI is InChI=1S/C32H28O6/c33-18-29-28(31(35)36)15-22-14-25(9-10-27(22)30(29)21-6-2-1-3-7-21)37-19-20-5-4-8-23(13-20)32-12-11-26(38-32)16-24(34)17-32/h1-15,24,26,33-34H,16-19H2,(H,35,36). The van der Waals surface area contributed by atoms with Crippen molar-refractivity contribution in [1.82, 2.24) is 0 Å². The molecule has 1 saturated heterocycles. The minimum Gasteiger partial charge on any atom is -0.489 e. The van der Waals surface area contributed by atoms with Crippen molar-refractivity contribution in [2.24, 2.45) is 0 Å². The molecule has 6 nitrogen and oxygen atoms in total. The lowest BCUT2D eigenvalue weighted by Gasteiger charge is -2.36. The maximum Gasteiger partial charge on any atom is 0.336 e. The molecular formula is C32H28O6. The number of ether oxygens (including phenoxy) is 2. The van der Waals surface area contributed by atoms with Gasteiger partial charge in [0, 0.05) is 18.4 Å². The van der Waals surface area contributed by atoms with E-state index >= 15 is 0 Å². The lowest BCUT2D eigenvalue weighted by molar-refractivity contribution is -0.109. The zero-order valence-electron chi connectivity index (χ0n) is 20.7. The fraction of sp³-hybridized carbons (Fsp3) is 0.219. The number of carboxylic acids is 1. The molecule has 0 saturated carbocycles. The number of carboxylic acid groups (broad SMARTS) is 1. The minimum absolute atomic E-state index is 0.0564. The Labute approximate surface area is 220 Å². The van der Waals surface area contributed by atoms with Crippen LogP contribution in [0.5, 0.6) is 5.75 Å². The number of aromatic carboxylic acids is 1. The molecule has 3 unspecified atom stereocenters. The first-order valence-corrected chi connectivity index (χ1v) is 12.7. The fourth-order valence-electron chi connectivity index (χ4n) is 5.74. The molecule has 4 aromatic carbocycles. The summed E-state index contributed by atoms with van der Waals surface area (Å²) in [4.78, 5) is 12.1. The topological polar surface area (TPSA) is 96.2 Å². The second-order valence-corrected chi connectivity index (χ2v) is 9.98. The SMILES string of the molecule is O=C(O)c1cc2cc(OCc3cccc(C45C=CC(CC(O)C4)O5)c3)ccc2c(-c2ccccc2)c1CO. The third-order valence-corrected chi connectivity index (χ3v) is 7.48. The Morgan fingerprint density at radius 2 is 1.87 bits per heavy atom. The molecule has 1 fully saturated rings. The van der Waals surface area contributed by atoms with Crippen LogP contribution in [0.15, 0.2) is 91.0 Å². The third kappa shape index (κ3) is 4.37. The van der Waals surface area contributed by atoms with Crippen LogP contribution in [0.1, 0.15) is 39.9 Å². The second kappa shape index (κ2) is 9.72. The van der Waals surface area contributed by atoms with Gasteiger partial charge in [0.25, 0.3) is 0 Å². The average molecular weight is 509 g/mol. The highest BCUT2D eigenvalue weighted by atomic mass is 16.5. The van der Waals surface area contributed by atoms with Gasteiger partial charge in [0.2, 0.25) is 0 Å². The van der Waals surface area contributed by atoms with Gasteiger partial charge in [-0.05, 0) is 63.4 Å². The lowest BCUT2D eigenvalue weighted by Crippen LogP contribution is -2.38. The molecule has 3 N–H and O–H groups in total. The van der Waals surface area contributed by atoms with Gasteiger partial charge in [0.1, 0.15) is 18.0 Å². The lowest BCUT2D eigenvalue weighted by atomic mass is 9.86. The Balaban J connectivity index is 1.31.